The summed E-state index contributed by atoms with van der Waals surface area (Å²) in [7, 11) is 0. The van der Waals surface area contributed by atoms with Gasteiger partial charge in [0.1, 0.15) is 11.6 Å². The Morgan fingerprint density at radius 1 is 1.11 bits per heavy atom. The number of aromatic nitrogens is 4. The summed E-state index contributed by atoms with van der Waals surface area (Å²) in [6.07, 6.45) is -2.60. The summed E-state index contributed by atoms with van der Waals surface area (Å²) in [5.74, 6) is -5.01. The number of aryl methyl sites for hydroxylation is 1. The maximum atomic E-state index is 14.4. The van der Waals surface area contributed by atoms with E-state index >= 15 is 0 Å². The van der Waals surface area contributed by atoms with Crippen molar-refractivity contribution in [2.45, 2.75) is 45.0 Å². The number of nitrogens with one attached hydrogen (secondary N) is 2. The largest absolute Gasteiger partial charge is 0.573 e. The second-order valence-electron chi connectivity index (χ2n) is 10.6. The lowest BCUT2D eigenvalue weighted by molar-refractivity contribution is -0.274. The fourth-order valence-corrected chi connectivity index (χ4v) is 4.83. The molecule has 1 unspecified atom stereocenters. The Morgan fingerprint density at radius 3 is 2.56 bits per heavy atom. The van der Waals surface area contributed by atoms with E-state index in [0.717, 1.165) is 18.2 Å². The average Bonchev–Trinajstić information content (AvgIpc) is 3.36. The molecule has 0 saturated carbocycles. The number of hydrogen-bond acceptors (Lipinski definition) is 7. The molecule has 16 heteroatoms. The monoisotopic (exact) mass is 635 g/mol. The summed E-state index contributed by atoms with van der Waals surface area (Å²) >= 11 is 0. The minimum absolute atomic E-state index is 0.0550. The number of carbonyl (C=O) groups is 2. The molecule has 0 aliphatic carbocycles. The van der Waals surface area contributed by atoms with Crippen LogP contribution in [-0.2, 0) is 4.79 Å². The number of benzene rings is 1. The van der Waals surface area contributed by atoms with Gasteiger partial charge in [-0.3, -0.25) is 19.5 Å². The first-order chi connectivity index (χ1) is 21.2. The molecule has 4 aromatic rings. The molecule has 1 aliphatic rings. The van der Waals surface area contributed by atoms with E-state index in [1.54, 1.807) is 24.0 Å². The topological polar surface area (TPSA) is 114 Å². The molecular weight excluding hydrogens is 608 g/mol. The number of rotatable bonds is 8. The van der Waals surface area contributed by atoms with Crippen LogP contribution in [0.15, 0.2) is 48.8 Å². The number of carbonyl (C=O) groups excluding carboxylic acids is 2. The number of likely N-dealkylation sites (tertiary alicyclic amines) is 1. The lowest BCUT2D eigenvalue weighted by Gasteiger charge is -2.30. The van der Waals surface area contributed by atoms with Gasteiger partial charge in [-0.2, -0.15) is 5.10 Å². The predicted molar refractivity (Wildman–Crippen MR) is 149 cm³/mol. The Balaban J connectivity index is 1.28. The van der Waals surface area contributed by atoms with Crippen LogP contribution in [0.3, 0.4) is 0 Å². The normalized spacial score (nSPS) is 15.9. The van der Waals surface area contributed by atoms with Crippen molar-refractivity contribution in [2.75, 3.05) is 25.0 Å². The van der Waals surface area contributed by atoms with Crippen LogP contribution in [0.5, 0.6) is 5.75 Å². The molecule has 3 aromatic heterocycles. The third-order valence-electron chi connectivity index (χ3n) is 7.18. The summed E-state index contributed by atoms with van der Waals surface area (Å²) in [5, 5.41) is 9.70. The Labute approximate surface area is 252 Å². The number of amides is 2. The van der Waals surface area contributed by atoms with Crippen molar-refractivity contribution in [3.05, 3.63) is 71.4 Å². The van der Waals surface area contributed by atoms with E-state index in [2.05, 4.69) is 30.4 Å². The standard InChI is InChI=1S/C29H27F6N7O3/c1-16-21(27(44)37-17(2)20-12-19(3-4-22(20)30)45-29(33,34)35)11-18(13-36-16)23-5-6-25-38-24(14-42(25)40-23)39-26(43)15-41-9-7-28(31,32)8-10-41/h3-6,11-14,17H,7-10,15H2,1-2H3,(H,37,44)(H,39,43). The molecule has 4 heterocycles. The van der Waals surface area contributed by atoms with Crippen LogP contribution in [0.4, 0.5) is 32.2 Å². The number of nitrogens with zero attached hydrogens (tertiary/aromatic N) is 5. The number of ether oxygens (including phenoxy) is 1. The maximum Gasteiger partial charge on any atom is 0.573 e. The smallest absolute Gasteiger partial charge is 0.406 e. The third kappa shape index (κ3) is 7.87. The van der Waals surface area contributed by atoms with Crippen LogP contribution < -0.4 is 15.4 Å². The highest BCUT2D eigenvalue weighted by molar-refractivity contribution is 5.96. The molecule has 2 N–H and O–H groups in total. The molecule has 1 atom stereocenters. The van der Waals surface area contributed by atoms with Crippen LogP contribution in [0, 0.1) is 12.7 Å². The first-order valence-electron chi connectivity index (χ1n) is 13.8. The van der Waals surface area contributed by atoms with Crippen molar-refractivity contribution < 1.29 is 40.7 Å². The van der Waals surface area contributed by atoms with Crippen molar-refractivity contribution in [1.82, 2.24) is 29.8 Å². The quantitative estimate of drug-likeness (QED) is 0.253. The SMILES string of the molecule is Cc1ncc(-c2ccc3nc(NC(=O)CN4CCC(F)(F)CC4)cn3n2)cc1C(=O)NC(C)c1cc(OC(F)(F)F)ccc1F. The molecule has 0 radical (unpaired) electrons. The highest BCUT2D eigenvalue weighted by Gasteiger charge is 2.34. The summed E-state index contributed by atoms with van der Waals surface area (Å²) < 4.78 is 84.3. The zero-order valence-corrected chi connectivity index (χ0v) is 24.0. The second kappa shape index (κ2) is 12.3. The number of piperidine rings is 1. The van der Waals surface area contributed by atoms with E-state index in [1.165, 1.54) is 29.9 Å². The highest BCUT2D eigenvalue weighted by atomic mass is 19.4. The highest BCUT2D eigenvalue weighted by Crippen LogP contribution is 2.29. The zero-order chi connectivity index (χ0) is 32.5. The van der Waals surface area contributed by atoms with E-state index in [0.29, 0.717) is 22.6 Å². The molecule has 1 aromatic carbocycles. The van der Waals surface area contributed by atoms with Gasteiger partial charge >= 0.3 is 6.36 Å². The minimum atomic E-state index is -4.97. The lowest BCUT2D eigenvalue weighted by atomic mass is 10.0. The molecule has 2 amide bonds. The van der Waals surface area contributed by atoms with Crippen molar-refractivity contribution in [1.29, 1.82) is 0 Å². The van der Waals surface area contributed by atoms with Crippen molar-refractivity contribution in [3.63, 3.8) is 0 Å². The molecule has 1 aliphatic heterocycles. The Hall–Kier alpha value is -4.73. The van der Waals surface area contributed by atoms with E-state index in [9.17, 15) is 35.9 Å². The number of halogens is 6. The van der Waals surface area contributed by atoms with Gasteiger partial charge in [0.25, 0.3) is 11.8 Å². The molecule has 0 spiro atoms. The third-order valence-corrected chi connectivity index (χ3v) is 7.18. The summed E-state index contributed by atoms with van der Waals surface area (Å²) in [5.41, 5.74) is 1.48. The van der Waals surface area contributed by atoms with Crippen LogP contribution in [0.2, 0.25) is 0 Å². The minimum Gasteiger partial charge on any atom is -0.406 e. The number of imidazole rings is 1. The van der Waals surface area contributed by atoms with Crippen LogP contribution in [0.1, 0.15) is 47.4 Å². The predicted octanol–water partition coefficient (Wildman–Crippen LogP) is 5.30. The number of alkyl halides is 5. The molecule has 238 valence electrons. The summed E-state index contributed by atoms with van der Waals surface area (Å²) in [6, 6.07) is 6.26. The van der Waals surface area contributed by atoms with Gasteiger partial charge in [-0.05, 0) is 50.2 Å². The van der Waals surface area contributed by atoms with E-state index < -0.39 is 41.7 Å². The maximum absolute atomic E-state index is 14.4. The van der Waals surface area contributed by atoms with Gasteiger partial charge in [-0.1, -0.05) is 0 Å². The molecule has 45 heavy (non-hydrogen) atoms. The van der Waals surface area contributed by atoms with Crippen molar-refractivity contribution >= 4 is 23.3 Å². The van der Waals surface area contributed by atoms with Crippen LogP contribution >= 0.6 is 0 Å². The molecule has 10 nitrogen and oxygen atoms in total. The number of hydrogen-bond donors (Lipinski definition) is 2. The number of pyridine rings is 1. The molecule has 1 saturated heterocycles. The van der Waals surface area contributed by atoms with Gasteiger partial charge in [0.2, 0.25) is 5.91 Å². The van der Waals surface area contributed by atoms with Gasteiger partial charge in [0.05, 0.1) is 35.7 Å². The van der Waals surface area contributed by atoms with Gasteiger partial charge in [-0.25, -0.2) is 22.7 Å². The van der Waals surface area contributed by atoms with Gasteiger partial charge in [0.15, 0.2) is 11.5 Å². The van der Waals surface area contributed by atoms with E-state index in [-0.39, 0.29) is 49.4 Å². The fraction of sp³-hybridized carbons (Fsp3) is 0.345. The lowest BCUT2D eigenvalue weighted by Crippen LogP contribution is -2.43. The van der Waals surface area contributed by atoms with E-state index in [4.69, 9.17) is 0 Å². The molecular formula is C29H27F6N7O3. The van der Waals surface area contributed by atoms with Crippen molar-refractivity contribution in [3.8, 4) is 17.0 Å². The zero-order valence-electron chi connectivity index (χ0n) is 24.0. The van der Waals surface area contributed by atoms with Crippen LogP contribution in [-0.4, -0.2) is 68.2 Å². The second-order valence-corrected chi connectivity index (χ2v) is 10.6. The van der Waals surface area contributed by atoms with Crippen molar-refractivity contribution in [2.24, 2.45) is 0 Å². The molecule has 0 bridgehead atoms. The number of fused-ring (bicyclic) bond motifs is 1. The Morgan fingerprint density at radius 2 is 1.84 bits per heavy atom. The van der Waals surface area contributed by atoms with E-state index in [1.807, 2.05) is 0 Å². The fourth-order valence-electron chi connectivity index (χ4n) is 4.83. The summed E-state index contributed by atoms with van der Waals surface area (Å²) in [4.78, 5) is 35.8. The molecule has 1 fully saturated rings. The van der Waals surface area contributed by atoms with Crippen LogP contribution in [0.25, 0.3) is 16.9 Å². The van der Waals surface area contributed by atoms with Gasteiger partial charge < -0.3 is 15.4 Å². The Kier molecular flexibility index (Phi) is 8.69. The molecule has 5 rings (SSSR count). The van der Waals surface area contributed by atoms with Gasteiger partial charge in [0, 0.05) is 43.3 Å². The number of anilines is 1. The first-order valence-corrected chi connectivity index (χ1v) is 13.8. The van der Waals surface area contributed by atoms with Gasteiger partial charge in [-0.15, -0.1) is 13.2 Å². The summed E-state index contributed by atoms with van der Waals surface area (Å²) in [6.45, 7) is 3.16. The first kappa shape index (κ1) is 31.7. The Bertz CT molecular complexity index is 1730. The average molecular weight is 636 g/mol.